The molecule has 0 fully saturated rings. The fourth-order valence-electron chi connectivity index (χ4n) is 1.74. The van der Waals surface area contributed by atoms with Crippen molar-refractivity contribution in [3.05, 3.63) is 40.1 Å². The maximum Gasteiger partial charge on any atom is 0.132 e. The van der Waals surface area contributed by atoms with Gasteiger partial charge in [-0.05, 0) is 26.0 Å². The molecule has 0 saturated heterocycles. The van der Waals surface area contributed by atoms with E-state index in [0.29, 0.717) is 0 Å². The lowest BCUT2D eigenvalue weighted by Crippen LogP contribution is -2.30. The number of imidazole rings is 1. The maximum atomic E-state index is 5.63. The summed E-state index contributed by atoms with van der Waals surface area (Å²) in [6, 6.07) is 4.18. The third kappa shape index (κ3) is 2.02. The molecule has 86 valence electrons. The summed E-state index contributed by atoms with van der Waals surface area (Å²) in [7, 11) is 0. The predicted molar refractivity (Wildman–Crippen MR) is 66.1 cm³/mol. The van der Waals surface area contributed by atoms with E-state index in [2.05, 4.69) is 41.0 Å². The van der Waals surface area contributed by atoms with Crippen molar-refractivity contribution in [2.75, 3.05) is 0 Å². The molecule has 0 spiro atoms. The van der Waals surface area contributed by atoms with Gasteiger partial charge in [-0.3, -0.25) is 5.84 Å². The summed E-state index contributed by atoms with van der Waals surface area (Å²) in [5.74, 6) is 6.60. The summed E-state index contributed by atoms with van der Waals surface area (Å²) in [5.41, 5.74) is 2.84. The Labute approximate surface area is 99.1 Å². The molecule has 0 bridgehead atoms. The van der Waals surface area contributed by atoms with Gasteiger partial charge in [0.25, 0.3) is 0 Å². The first kappa shape index (κ1) is 11.3. The molecule has 1 atom stereocenters. The molecule has 2 aromatic rings. The molecule has 0 aromatic carbocycles. The lowest BCUT2D eigenvalue weighted by molar-refractivity contribution is 0.567. The van der Waals surface area contributed by atoms with Crippen LogP contribution in [0.5, 0.6) is 0 Å². The molecular weight excluding hydrogens is 220 g/mol. The molecule has 2 rings (SSSR count). The van der Waals surface area contributed by atoms with Gasteiger partial charge in [0.05, 0.1) is 0 Å². The van der Waals surface area contributed by atoms with Crippen LogP contribution in [-0.4, -0.2) is 9.55 Å². The number of aryl methyl sites for hydroxylation is 2. The van der Waals surface area contributed by atoms with Crippen molar-refractivity contribution in [1.29, 1.82) is 0 Å². The van der Waals surface area contributed by atoms with Crippen molar-refractivity contribution in [2.45, 2.75) is 26.4 Å². The highest BCUT2D eigenvalue weighted by Crippen LogP contribution is 2.26. The minimum Gasteiger partial charge on any atom is -0.334 e. The minimum atomic E-state index is -0.0198. The second kappa shape index (κ2) is 4.78. The standard InChI is InChI=1S/C11H16N4S/c1-3-15-7-6-13-11(15)10(14-12)9-5-4-8(2)16-9/h4-7,10,14H,3,12H2,1-2H3. The molecule has 0 aliphatic rings. The number of aromatic nitrogens is 2. The maximum absolute atomic E-state index is 5.63. The molecule has 16 heavy (non-hydrogen) atoms. The second-order valence-electron chi connectivity index (χ2n) is 3.62. The van der Waals surface area contributed by atoms with Crippen LogP contribution in [0.15, 0.2) is 24.5 Å². The first-order valence-corrected chi connectivity index (χ1v) is 6.11. The van der Waals surface area contributed by atoms with Gasteiger partial charge in [-0.15, -0.1) is 11.3 Å². The number of nitrogens with two attached hydrogens (primary N) is 1. The number of hydrazine groups is 1. The summed E-state index contributed by atoms with van der Waals surface area (Å²) in [6.45, 7) is 5.09. The van der Waals surface area contributed by atoms with Crippen molar-refractivity contribution in [2.24, 2.45) is 5.84 Å². The summed E-state index contributed by atoms with van der Waals surface area (Å²) < 4.78 is 2.10. The van der Waals surface area contributed by atoms with E-state index in [9.17, 15) is 0 Å². The van der Waals surface area contributed by atoms with Crippen LogP contribution in [0.4, 0.5) is 0 Å². The second-order valence-corrected chi connectivity index (χ2v) is 4.94. The van der Waals surface area contributed by atoms with Gasteiger partial charge in [0.1, 0.15) is 11.9 Å². The van der Waals surface area contributed by atoms with Crippen molar-refractivity contribution in [1.82, 2.24) is 15.0 Å². The van der Waals surface area contributed by atoms with E-state index in [1.807, 2.05) is 12.4 Å². The fourth-order valence-corrected chi connectivity index (χ4v) is 2.68. The van der Waals surface area contributed by atoms with E-state index in [1.54, 1.807) is 11.3 Å². The smallest absolute Gasteiger partial charge is 0.132 e. The summed E-state index contributed by atoms with van der Waals surface area (Å²) in [5, 5.41) is 0. The van der Waals surface area contributed by atoms with E-state index in [1.165, 1.54) is 9.75 Å². The molecule has 2 heterocycles. The molecule has 0 aliphatic carbocycles. The van der Waals surface area contributed by atoms with E-state index in [-0.39, 0.29) is 6.04 Å². The normalized spacial score (nSPS) is 12.9. The number of nitrogens with one attached hydrogen (secondary N) is 1. The number of hydrogen-bond acceptors (Lipinski definition) is 4. The largest absolute Gasteiger partial charge is 0.334 e. The lowest BCUT2D eigenvalue weighted by atomic mass is 10.2. The Hall–Kier alpha value is -1.17. The van der Waals surface area contributed by atoms with Gasteiger partial charge in [-0.1, -0.05) is 0 Å². The van der Waals surface area contributed by atoms with Gasteiger partial charge in [-0.2, -0.15) is 0 Å². The molecule has 4 nitrogen and oxygen atoms in total. The van der Waals surface area contributed by atoms with Crippen LogP contribution in [-0.2, 0) is 6.54 Å². The Morgan fingerprint density at radius 1 is 1.56 bits per heavy atom. The zero-order valence-electron chi connectivity index (χ0n) is 9.47. The SMILES string of the molecule is CCn1ccnc1C(NN)c1ccc(C)s1. The van der Waals surface area contributed by atoms with Crippen LogP contribution < -0.4 is 11.3 Å². The molecule has 0 amide bonds. The van der Waals surface area contributed by atoms with Crippen molar-refractivity contribution < 1.29 is 0 Å². The molecule has 0 aliphatic heterocycles. The third-order valence-electron chi connectivity index (χ3n) is 2.56. The summed E-state index contributed by atoms with van der Waals surface area (Å²) in [6.07, 6.45) is 3.78. The molecular formula is C11H16N4S. The monoisotopic (exact) mass is 236 g/mol. The Morgan fingerprint density at radius 2 is 2.38 bits per heavy atom. The van der Waals surface area contributed by atoms with Gasteiger partial charge in [0, 0.05) is 28.7 Å². The van der Waals surface area contributed by atoms with E-state index >= 15 is 0 Å². The molecule has 3 N–H and O–H groups in total. The van der Waals surface area contributed by atoms with E-state index in [4.69, 9.17) is 5.84 Å². The Balaban J connectivity index is 2.36. The first-order chi connectivity index (χ1) is 7.76. The number of hydrogen-bond donors (Lipinski definition) is 2. The van der Waals surface area contributed by atoms with Crippen LogP contribution >= 0.6 is 11.3 Å². The van der Waals surface area contributed by atoms with Gasteiger partial charge < -0.3 is 4.57 Å². The zero-order valence-corrected chi connectivity index (χ0v) is 10.3. The average molecular weight is 236 g/mol. The van der Waals surface area contributed by atoms with Gasteiger partial charge >= 0.3 is 0 Å². The lowest BCUT2D eigenvalue weighted by Gasteiger charge is -2.15. The molecule has 5 heteroatoms. The predicted octanol–water partition coefficient (Wildman–Crippen LogP) is 1.83. The van der Waals surface area contributed by atoms with Crippen LogP contribution in [0.25, 0.3) is 0 Å². The minimum absolute atomic E-state index is 0.0198. The van der Waals surface area contributed by atoms with E-state index in [0.717, 1.165) is 12.4 Å². The molecule has 0 radical (unpaired) electrons. The molecule has 2 aromatic heterocycles. The fraction of sp³-hybridized carbons (Fsp3) is 0.364. The first-order valence-electron chi connectivity index (χ1n) is 5.29. The van der Waals surface area contributed by atoms with Crippen LogP contribution in [0.1, 0.15) is 28.5 Å². The topological polar surface area (TPSA) is 55.9 Å². The van der Waals surface area contributed by atoms with Crippen LogP contribution in [0, 0.1) is 6.92 Å². The van der Waals surface area contributed by atoms with Crippen LogP contribution in [0.2, 0.25) is 0 Å². The Kier molecular flexibility index (Phi) is 3.38. The van der Waals surface area contributed by atoms with Gasteiger partial charge in [-0.25, -0.2) is 10.4 Å². The number of nitrogens with zero attached hydrogens (tertiary/aromatic N) is 2. The highest BCUT2D eigenvalue weighted by Gasteiger charge is 2.18. The van der Waals surface area contributed by atoms with Crippen LogP contribution in [0.3, 0.4) is 0 Å². The molecule has 1 unspecified atom stereocenters. The van der Waals surface area contributed by atoms with Crippen molar-refractivity contribution in [3.63, 3.8) is 0 Å². The van der Waals surface area contributed by atoms with Gasteiger partial charge in [0.15, 0.2) is 0 Å². The van der Waals surface area contributed by atoms with Crippen molar-refractivity contribution >= 4 is 11.3 Å². The highest BCUT2D eigenvalue weighted by molar-refractivity contribution is 7.12. The van der Waals surface area contributed by atoms with Gasteiger partial charge in [0.2, 0.25) is 0 Å². The zero-order chi connectivity index (χ0) is 11.5. The quantitative estimate of drug-likeness (QED) is 0.629. The Bertz CT molecular complexity index is 460. The van der Waals surface area contributed by atoms with Crippen molar-refractivity contribution in [3.8, 4) is 0 Å². The Morgan fingerprint density at radius 3 is 2.94 bits per heavy atom. The average Bonchev–Trinajstić information content (AvgIpc) is 2.89. The highest BCUT2D eigenvalue weighted by atomic mass is 32.1. The summed E-state index contributed by atoms with van der Waals surface area (Å²) in [4.78, 5) is 6.85. The third-order valence-corrected chi connectivity index (χ3v) is 3.62. The van der Waals surface area contributed by atoms with E-state index < -0.39 is 0 Å². The number of rotatable bonds is 4. The summed E-state index contributed by atoms with van der Waals surface area (Å²) >= 11 is 1.74. The number of thiophene rings is 1. The molecule has 0 saturated carbocycles.